The van der Waals surface area contributed by atoms with E-state index in [1.165, 1.54) is 36.0 Å². The summed E-state index contributed by atoms with van der Waals surface area (Å²) in [6, 6.07) is 6.59. The highest BCUT2D eigenvalue weighted by Gasteiger charge is 2.04. The molecule has 0 amide bonds. The van der Waals surface area contributed by atoms with E-state index >= 15 is 0 Å². The average Bonchev–Trinajstić information content (AvgIpc) is 2.20. The van der Waals surface area contributed by atoms with E-state index in [4.69, 9.17) is 0 Å². The second-order valence-electron chi connectivity index (χ2n) is 3.90. The molecule has 1 aromatic rings. The molecular formula is C13H19Br. The van der Waals surface area contributed by atoms with E-state index in [2.05, 4.69) is 54.9 Å². The Balaban J connectivity index is 2.63. The first-order chi connectivity index (χ1) is 6.65. The van der Waals surface area contributed by atoms with Crippen LogP contribution >= 0.6 is 15.9 Å². The average molecular weight is 255 g/mol. The summed E-state index contributed by atoms with van der Waals surface area (Å²) in [5, 5.41) is 0. The van der Waals surface area contributed by atoms with Crippen molar-refractivity contribution in [2.24, 2.45) is 0 Å². The number of rotatable bonds is 4. The summed E-state index contributed by atoms with van der Waals surface area (Å²) >= 11 is 3.68. The second kappa shape index (κ2) is 5.55. The van der Waals surface area contributed by atoms with Gasteiger partial charge in [0.1, 0.15) is 0 Å². The van der Waals surface area contributed by atoms with Crippen LogP contribution in [0.2, 0.25) is 0 Å². The van der Waals surface area contributed by atoms with Gasteiger partial charge in [-0.1, -0.05) is 41.1 Å². The van der Waals surface area contributed by atoms with E-state index in [1.54, 1.807) is 0 Å². The van der Waals surface area contributed by atoms with Gasteiger partial charge < -0.3 is 0 Å². The summed E-state index contributed by atoms with van der Waals surface area (Å²) < 4.78 is 0. The molecule has 0 aliphatic rings. The Morgan fingerprint density at radius 3 is 2.64 bits per heavy atom. The SMILES string of the molecule is CCC(Br)CCc1cccc(C)c1C. The smallest absolute Gasteiger partial charge is 0.0146 e. The van der Waals surface area contributed by atoms with Gasteiger partial charge in [-0.2, -0.15) is 0 Å². The van der Waals surface area contributed by atoms with Crippen molar-refractivity contribution >= 4 is 15.9 Å². The lowest BCUT2D eigenvalue weighted by Crippen LogP contribution is -2.00. The number of halogens is 1. The van der Waals surface area contributed by atoms with Crippen molar-refractivity contribution in [3.8, 4) is 0 Å². The zero-order valence-electron chi connectivity index (χ0n) is 9.31. The lowest BCUT2D eigenvalue weighted by Gasteiger charge is -2.10. The van der Waals surface area contributed by atoms with Crippen LogP contribution in [0.4, 0.5) is 0 Å². The molecule has 0 saturated heterocycles. The van der Waals surface area contributed by atoms with Crippen molar-refractivity contribution in [2.75, 3.05) is 0 Å². The normalized spacial score (nSPS) is 12.9. The first-order valence-corrected chi connectivity index (χ1v) is 6.26. The van der Waals surface area contributed by atoms with E-state index in [0.29, 0.717) is 4.83 Å². The monoisotopic (exact) mass is 254 g/mol. The van der Waals surface area contributed by atoms with Gasteiger partial charge in [-0.25, -0.2) is 0 Å². The minimum atomic E-state index is 0.669. The van der Waals surface area contributed by atoms with Crippen molar-refractivity contribution in [1.82, 2.24) is 0 Å². The molecule has 0 aliphatic heterocycles. The molecule has 0 aliphatic carbocycles. The topological polar surface area (TPSA) is 0 Å². The van der Waals surface area contributed by atoms with Gasteiger partial charge in [0, 0.05) is 4.83 Å². The highest BCUT2D eigenvalue weighted by atomic mass is 79.9. The summed E-state index contributed by atoms with van der Waals surface area (Å²) in [4.78, 5) is 0.669. The fourth-order valence-electron chi connectivity index (χ4n) is 1.60. The van der Waals surface area contributed by atoms with Crippen LogP contribution in [-0.2, 0) is 6.42 Å². The number of aryl methyl sites for hydroxylation is 2. The molecule has 0 heterocycles. The maximum absolute atomic E-state index is 3.68. The zero-order chi connectivity index (χ0) is 10.6. The molecule has 0 N–H and O–H groups in total. The highest BCUT2D eigenvalue weighted by molar-refractivity contribution is 9.09. The molecule has 0 spiro atoms. The molecule has 0 radical (unpaired) electrons. The quantitative estimate of drug-likeness (QED) is 0.699. The Morgan fingerprint density at radius 1 is 1.29 bits per heavy atom. The van der Waals surface area contributed by atoms with Gasteiger partial charge in [0.15, 0.2) is 0 Å². The molecule has 0 bridgehead atoms. The largest absolute Gasteiger partial charge is 0.0891 e. The molecule has 0 aromatic heterocycles. The van der Waals surface area contributed by atoms with Crippen molar-refractivity contribution in [1.29, 1.82) is 0 Å². The van der Waals surface area contributed by atoms with E-state index < -0.39 is 0 Å². The third kappa shape index (κ3) is 3.13. The number of hydrogen-bond acceptors (Lipinski definition) is 0. The molecule has 1 aromatic carbocycles. The van der Waals surface area contributed by atoms with Crippen LogP contribution in [0.15, 0.2) is 18.2 Å². The van der Waals surface area contributed by atoms with Gasteiger partial charge in [0.05, 0.1) is 0 Å². The number of alkyl halides is 1. The third-order valence-corrected chi connectivity index (χ3v) is 3.99. The first kappa shape index (κ1) is 11.8. The maximum atomic E-state index is 3.68. The predicted molar refractivity (Wildman–Crippen MR) is 67.2 cm³/mol. The van der Waals surface area contributed by atoms with Gasteiger partial charge in [0.25, 0.3) is 0 Å². The van der Waals surface area contributed by atoms with Gasteiger partial charge in [-0.05, 0) is 49.8 Å². The first-order valence-electron chi connectivity index (χ1n) is 5.34. The molecule has 1 heteroatoms. The van der Waals surface area contributed by atoms with Gasteiger partial charge in [0.2, 0.25) is 0 Å². The Hall–Kier alpha value is -0.300. The molecular weight excluding hydrogens is 236 g/mol. The summed E-state index contributed by atoms with van der Waals surface area (Å²) in [5.41, 5.74) is 4.37. The molecule has 78 valence electrons. The van der Waals surface area contributed by atoms with Gasteiger partial charge in [-0.3, -0.25) is 0 Å². The molecule has 0 fully saturated rings. The van der Waals surface area contributed by atoms with E-state index in [0.717, 1.165) is 0 Å². The Kier molecular flexibility index (Phi) is 4.67. The van der Waals surface area contributed by atoms with Crippen LogP contribution in [0.1, 0.15) is 36.5 Å². The molecule has 1 rings (SSSR count). The lowest BCUT2D eigenvalue weighted by molar-refractivity contribution is 0.743. The van der Waals surface area contributed by atoms with Crippen LogP contribution < -0.4 is 0 Å². The minimum Gasteiger partial charge on any atom is -0.0891 e. The van der Waals surface area contributed by atoms with E-state index in [9.17, 15) is 0 Å². The highest BCUT2D eigenvalue weighted by Crippen LogP contribution is 2.18. The van der Waals surface area contributed by atoms with Crippen molar-refractivity contribution in [3.63, 3.8) is 0 Å². The predicted octanol–water partition coefficient (Wildman–Crippen LogP) is 4.41. The fourth-order valence-corrected chi connectivity index (χ4v) is 1.83. The van der Waals surface area contributed by atoms with Crippen molar-refractivity contribution in [3.05, 3.63) is 34.9 Å². The van der Waals surface area contributed by atoms with Crippen LogP contribution in [-0.4, -0.2) is 4.83 Å². The number of benzene rings is 1. The zero-order valence-corrected chi connectivity index (χ0v) is 10.9. The van der Waals surface area contributed by atoms with Crippen LogP contribution in [0.3, 0.4) is 0 Å². The number of hydrogen-bond donors (Lipinski definition) is 0. The summed E-state index contributed by atoms with van der Waals surface area (Å²) in [6.45, 7) is 6.63. The van der Waals surface area contributed by atoms with Crippen molar-refractivity contribution in [2.45, 2.75) is 44.9 Å². The standard InChI is InChI=1S/C13H19Br/c1-4-13(14)9-8-12-7-5-6-10(2)11(12)3/h5-7,13H,4,8-9H2,1-3H3. The van der Waals surface area contributed by atoms with E-state index in [1.807, 2.05) is 0 Å². The molecule has 0 saturated carbocycles. The maximum Gasteiger partial charge on any atom is 0.0146 e. The lowest BCUT2D eigenvalue weighted by atomic mass is 9.99. The molecule has 1 atom stereocenters. The van der Waals surface area contributed by atoms with Crippen molar-refractivity contribution < 1.29 is 0 Å². The Bertz CT molecular complexity index is 291. The summed E-state index contributed by atoms with van der Waals surface area (Å²) in [5.74, 6) is 0. The summed E-state index contributed by atoms with van der Waals surface area (Å²) in [7, 11) is 0. The Labute approximate surface area is 95.9 Å². The molecule has 0 nitrogen and oxygen atoms in total. The molecule has 14 heavy (non-hydrogen) atoms. The van der Waals surface area contributed by atoms with E-state index in [-0.39, 0.29) is 0 Å². The second-order valence-corrected chi connectivity index (χ2v) is 5.20. The Morgan fingerprint density at radius 2 is 2.00 bits per heavy atom. The molecule has 1 unspecified atom stereocenters. The van der Waals surface area contributed by atoms with Crippen LogP contribution in [0.5, 0.6) is 0 Å². The fraction of sp³-hybridized carbons (Fsp3) is 0.538. The van der Waals surface area contributed by atoms with Gasteiger partial charge in [-0.15, -0.1) is 0 Å². The van der Waals surface area contributed by atoms with Gasteiger partial charge >= 0.3 is 0 Å². The minimum absolute atomic E-state index is 0.669. The van der Waals surface area contributed by atoms with Crippen LogP contribution in [0, 0.1) is 13.8 Å². The summed E-state index contributed by atoms with van der Waals surface area (Å²) in [6.07, 6.45) is 3.64. The third-order valence-electron chi connectivity index (χ3n) is 2.89. The van der Waals surface area contributed by atoms with Crippen LogP contribution in [0.25, 0.3) is 0 Å².